The molecule has 10 heteroatoms. The number of hydrogen-bond acceptors (Lipinski definition) is 8. The van der Waals surface area contributed by atoms with Crippen LogP contribution in [0.25, 0.3) is 10.8 Å². The molecule has 0 bridgehead atoms. The normalized spacial score (nSPS) is 15.0. The van der Waals surface area contributed by atoms with E-state index >= 15 is 0 Å². The molecule has 3 atom stereocenters. The van der Waals surface area contributed by atoms with Gasteiger partial charge in [-0.1, -0.05) is 45.8 Å². The average Bonchev–Trinajstić information content (AvgIpc) is 3.32. The summed E-state index contributed by atoms with van der Waals surface area (Å²) in [6, 6.07) is 3.11. The van der Waals surface area contributed by atoms with Crippen molar-refractivity contribution in [3.05, 3.63) is 23.3 Å². The van der Waals surface area contributed by atoms with E-state index in [0.717, 1.165) is 4.88 Å². The minimum Gasteiger partial charge on any atom is -0.382 e. The van der Waals surface area contributed by atoms with E-state index in [9.17, 15) is 14.7 Å². The molecule has 0 aliphatic rings. The van der Waals surface area contributed by atoms with Crippen molar-refractivity contribution < 1.29 is 24.4 Å². The first kappa shape index (κ1) is 23.0. The molecular formula is C19H28N4O5S. The maximum absolute atomic E-state index is 13.0. The average molecular weight is 425 g/mol. The zero-order valence-electron chi connectivity index (χ0n) is 17.2. The van der Waals surface area contributed by atoms with Gasteiger partial charge in [0.15, 0.2) is 5.82 Å². The van der Waals surface area contributed by atoms with Crippen LogP contribution in [0, 0.1) is 17.3 Å². The molecule has 0 fully saturated rings. The summed E-state index contributed by atoms with van der Waals surface area (Å²) in [4.78, 5) is 29.9. The summed E-state index contributed by atoms with van der Waals surface area (Å²) in [5, 5.41) is 27.8. The van der Waals surface area contributed by atoms with Gasteiger partial charge in [-0.15, -0.1) is 11.3 Å². The number of aliphatic hydroxyl groups excluding tert-OH is 1. The number of carbonyl (C=O) groups excluding carboxylic acids is 2. The number of nitrogens with one attached hydrogen (secondary N) is 2. The quantitative estimate of drug-likeness (QED) is 0.377. The fourth-order valence-corrected chi connectivity index (χ4v) is 3.55. The van der Waals surface area contributed by atoms with Crippen molar-refractivity contribution >= 4 is 23.2 Å². The fraction of sp³-hybridized carbons (Fsp3) is 0.579. The Bertz CT molecular complexity index is 813. The van der Waals surface area contributed by atoms with Gasteiger partial charge >= 0.3 is 0 Å². The smallest absolute Gasteiger partial charge is 0.272 e. The first-order valence-corrected chi connectivity index (χ1v) is 10.2. The number of rotatable bonds is 8. The number of hydrogen-bond donors (Lipinski definition) is 4. The lowest BCUT2D eigenvalue weighted by Crippen LogP contribution is -2.48. The van der Waals surface area contributed by atoms with Crippen LogP contribution in [-0.2, 0) is 9.59 Å². The van der Waals surface area contributed by atoms with Crippen LogP contribution in [0.3, 0.4) is 0 Å². The topological polar surface area (TPSA) is 138 Å². The highest BCUT2D eigenvalue weighted by molar-refractivity contribution is 7.13. The number of carbonyl (C=O) groups is 2. The molecule has 2 heterocycles. The predicted molar refractivity (Wildman–Crippen MR) is 107 cm³/mol. The Morgan fingerprint density at radius 3 is 2.48 bits per heavy atom. The van der Waals surface area contributed by atoms with E-state index in [1.807, 2.05) is 52.1 Å². The molecule has 0 saturated carbocycles. The standard InChI is InChI=1S/C19H28N4O5S/c1-10(2)9-11(13(24)17(26)22-27)16(25)20-14(19(3,4)5)15-21-18(28-23-15)12-7-6-8-29-12/h6-8,10-11,13-14,24,27H,9H2,1-5H3,(H,20,25)(H,22,26). The van der Waals surface area contributed by atoms with Crippen molar-refractivity contribution in [2.24, 2.45) is 17.3 Å². The zero-order valence-corrected chi connectivity index (χ0v) is 18.0. The van der Waals surface area contributed by atoms with Gasteiger partial charge in [0, 0.05) is 0 Å². The van der Waals surface area contributed by atoms with Crippen LogP contribution in [0.2, 0.25) is 0 Å². The van der Waals surface area contributed by atoms with Crippen LogP contribution >= 0.6 is 11.3 Å². The first-order chi connectivity index (χ1) is 13.5. The zero-order chi connectivity index (χ0) is 21.8. The molecule has 9 nitrogen and oxygen atoms in total. The van der Waals surface area contributed by atoms with Gasteiger partial charge in [-0.25, -0.2) is 5.48 Å². The van der Waals surface area contributed by atoms with Crippen molar-refractivity contribution in [3.63, 3.8) is 0 Å². The van der Waals surface area contributed by atoms with Crippen LogP contribution in [0.15, 0.2) is 22.0 Å². The Hall–Kier alpha value is -2.30. The maximum atomic E-state index is 13.0. The number of aliphatic hydroxyl groups is 1. The van der Waals surface area contributed by atoms with E-state index in [-0.39, 0.29) is 12.3 Å². The van der Waals surface area contributed by atoms with E-state index in [0.29, 0.717) is 11.7 Å². The number of amides is 2. The first-order valence-electron chi connectivity index (χ1n) is 9.34. The lowest BCUT2D eigenvalue weighted by Gasteiger charge is -2.31. The second-order valence-electron chi connectivity index (χ2n) is 8.40. The summed E-state index contributed by atoms with van der Waals surface area (Å²) >= 11 is 1.46. The third-order valence-corrected chi connectivity index (χ3v) is 5.26. The van der Waals surface area contributed by atoms with E-state index in [1.165, 1.54) is 16.8 Å². The summed E-state index contributed by atoms with van der Waals surface area (Å²) in [5.41, 5.74) is 0.927. The molecule has 3 unspecified atom stereocenters. The Labute approximate surface area is 173 Å². The minimum absolute atomic E-state index is 0.0376. The van der Waals surface area contributed by atoms with Crippen molar-refractivity contribution in [1.82, 2.24) is 20.9 Å². The van der Waals surface area contributed by atoms with Gasteiger partial charge in [0.2, 0.25) is 5.91 Å². The van der Waals surface area contributed by atoms with Crippen molar-refractivity contribution in [3.8, 4) is 10.8 Å². The van der Waals surface area contributed by atoms with Crippen molar-refractivity contribution in [1.29, 1.82) is 0 Å². The third-order valence-electron chi connectivity index (χ3n) is 4.41. The van der Waals surface area contributed by atoms with Crippen LogP contribution in [0.5, 0.6) is 0 Å². The molecule has 0 aliphatic carbocycles. The molecule has 160 valence electrons. The van der Waals surface area contributed by atoms with Gasteiger partial charge in [-0.05, 0) is 29.2 Å². The van der Waals surface area contributed by atoms with Crippen molar-refractivity contribution in [2.45, 2.75) is 53.2 Å². The predicted octanol–water partition coefficient (Wildman–Crippen LogP) is 2.53. The summed E-state index contributed by atoms with van der Waals surface area (Å²) in [6.07, 6.45) is -1.43. The van der Waals surface area contributed by atoms with Gasteiger partial charge in [0.05, 0.1) is 16.8 Å². The SMILES string of the molecule is CC(C)CC(C(=O)NC(c1noc(-c2cccs2)n1)C(C)(C)C)C(O)C(=O)NO. The number of nitrogens with zero attached hydrogens (tertiary/aromatic N) is 2. The van der Waals surface area contributed by atoms with E-state index in [2.05, 4.69) is 15.5 Å². The molecule has 4 N–H and O–H groups in total. The highest BCUT2D eigenvalue weighted by Gasteiger charge is 2.38. The molecule has 2 rings (SSSR count). The number of aromatic nitrogens is 2. The Morgan fingerprint density at radius 1 is 1.28 bits per heavy atom. The molecule has 0 saturated heterocycles. The van der Waals surface area contributed by atoms with Crippen LogP contribution in [-0.4, -0.2) is 38.4 Å². The van der Waals surface area contributed by atoms with Crippen molar-refractivity contribution in [2.75, 3.05) is 0 Å². The molecule has 0 spiro atoms. The number of hydroxylamine groups is 1. The van der Waals surface area contributed by atoms with E-state index in [4.69, 9.17) is 9.73 Å². The second-order valence-corrected chi connectivity index (χ2v) is 9.35. The van der Waals surface area contributed by atoms with Gasteiger partial charge in [0.25, 0.3) is 11.8 Å². The van der Waals surface area contributed by atoms with Crippen LogP contribution in [0.1, 0.15) is 52.9 Å². The minimum atomic E-state index is -1.69. The molecule has 29 heavy (non-hydrogen) atoms. The third kappa shape index (κ3) is 5.84. The molecule has 2 amide bonds. The van der Waals surface area contributed by atoms with Crippen LogP contribution < -0.4 is 10.8 Å². The summed E-state index contributed by atoms with van der Waals surface area (Å²) in [5.74, 6) is -1.91. The number of thiophene rings is 1. The molecule has 2 aromatic rings. The molecule has 0 aliphatic heterocycles. The van der Waals surface area contributed by atoms with E-state index < -0.39 is 35.3 Å². The maximum Gasteiger partial charge on any atom is 0.272 e. The summed E-state index contributed by atoms with van der Waals surface area (Å²) in [6.45, 7) is 9.48. The van der Waals surface area contributed by atoms with Gasteiger partial charge in [0.1, 0.15) is 6.10 Å². The largest absolute Gasteiger partial charge is 0.382 e. The Balaban J connectivity index is 2.28. The van der Waals surface area contributed by atoms with Crippen LogP contribution in [0.4, 0.5) is 0 Å². The highest BCUT2D eigenvalue weighted by atomic mass is 32.1. The molecular weight excluding hydrogens is 396 g/mol. The second kappa shape index (κ2) is 9.47. The van der Waals surface area contributed by atoms with Gasteiger partial charge in [-0.2, -0.15) is 4.98 Å². The molecule has 2 aromatic heterocycles. The highest BCUT2D eigenvalue weighted by Crippen LogP contribution is 2.33. The molecule has 0 radical (unpaired) electrons. The van der Waals surface area contributed by atoms with Gasteiger partial charge < -0.3 is 14.9 Å². The lowest BCUT2D eigenvalue weighted by molar-refractivity contribution is -0.147. The van der Waals surface area contributed by atoms with Gasteiger partial charge in [-0.3, -0.25) is 14.8 Å². The fourth-order valence-electron chi connectivity index (χ4n) is 2.91. The Kier molecular flexibility index (Phi) is 7.50. The monoisotopic (exact) mass is 424 g/mol. The summed E-state index contributed by atoms with van der Waals surface area (Å²) in [7, 11) is 0. The van der Waals surface area contributed by atoms with E-state index in [1.54, 1.807) is 0 Å². The molecule has 0 aromatic carbocycles. The lowest BCUT2D eigenvalue weighted by atomic mass is 9.84. The summed E-state index contributed by atoms with van der Waals surface area (Å²) < 4.78 is 5.35. The Morgan fingerprint density at radius 2 is 1.97 bits per heavy atom.